The van der Waals surface area contributed by atoms with Crippen molar-refractivity contribution in [3.05, 3.63) is 0 Å². The molecule has 4 nitrogen and oxygen atoms in total. The molecule has 0 saturated carbocycles. The fraction of sp³-hybridized carbons (Fsp3) is 1.00. The highest BCUT2D eigenvalue weighted by molar-refractivity contribution is 7.90. The molecule has 0 radical (unpaired) electrons. The Labute approximate surface area is 93.1 Å². The van der Waals surface area contributed by atoms with Crippen LogP contribution in [0.25, 0.3) is 0 Å². The molecular formula is C10H23NO3S. The van der Waals surface area contributed by atoms with Crippen LogP contribution < -0.4 is 4.72 Å². The molecule has 0 bridgehead atoms. The molecule has 0 aromatic heterocycles. The summed E-state index contributed by atoms with van der Waals surface area (Å²) >= 11 is 0. The van der Waals surface area contributed by atoms with E-state index in [1.807, 2.05) is 0 Å². The number of rotatable bonds is 7. The Morgan fingerprint density at radius 3 is 2.00 bits per heavy atom. The molecule has 0 aromatic rings. The molecule has 0 fully saturated rings. The second-order valence-electron chi connectivity index (χ2n) is 4.56. The maximum absolute atomic E-state index is 11.5. The minimum absolute atomic E-state index is 0.140. The fourth-order valence-electron chi connectivity index (χ4n) is 1.09. The van der Waals surface area contributed by atoms with E-state index in [9.17, 15) is 8.42 Å². The van der Waals surface area contributed by atoms with Crippen molar-refractivity contribution in [1.29, 1.82) is 0 Å². The van der Waals surface area contributed by atoms with Gasteiger partial charge in [0.15, 0.2) is 0 Å². The van der Waals surface area contributed by atoms with Crippen LogP contribution in [0.3, 0.4) is 0 Å². The van der Waals surface area contributed by atoms with Crippen molar-refractivity contribution in [3.8, 4) is 0 Å². The highest BCUT2D eigenvalue weighted by Gasteiger charge is 2.20. The molecule has 0 aliphatic rings. The van der Waals surface area contributed by atoms with E-state index in [0.29, 0.717) is 12.3 Å². The minimum atomic E-state index is -3.27. The predicted octanol–water partition coefficient (Wildman–Crippen LogP) is 1.11. The Balaban J connectivity index is 4.22. The van der Waals surface area contributed by atoms with Gasteiger partial charge >= 0.3 is 0 Å². The van der Waals surface area contributed by atoms with E-state index in [1.54, 1.807) is 13.8 Å². The maximum atomic E-state index is 11.5. The highest BCUT2D eigenvalue weighted by Crippen LogP contribution is 2.08. The second kappa shape index (κ2) is 6.45. The molecule has 0 unspecified atom stereocenters. The van der Waals surface area contributed by atoms with E-state index in [4.69, 9.17) is 5.11 Å². The summed E-state index contributed by atoms with van der Waals surface area (Å²) in [4.78, 5) is 0. The Kier molecular flexibility index (Phi) is 6.40. The third-order valence-electron chi connectivity index (χ3n) is 2.26. The van der Waals surface area contributed by atoms with Gasteiger partial charge < -0.3 is 5.11 Å². The molecule has 0 saturated heterocycles. The van der Waals surface area contributed by atoms with Gasteiger partial charge in [-0.15, -0.1) is 0 Å². The van der Waals surface area contributed by atoms with Gasteiger partial charge in [-0.2, -0.15) is 0 Å². The first-order valence-corrected chi connectivity index (χ1v) is 6.96. The minimum Gasteiger partial charge on any atom is -0.395 e. The fourth-order valence-corrected chi connectivity index (χ4v) is 2.02. The van der Waals surface area contributed by atoms with Gasteiger partial charge in [-0.25, -0.2) is 13.1 Å². The summed E-state index contributed by atoms with van der Waals surface area (Å²) in [5.74, 6) is 0.516. The van der Waals surface area contributed by atoms with Gasteiger partial charge in [0.1, 0.15) is 0 Å². The van der Waals surface area contributed by atoms with E-state index in [0.717, 1.165) is 6.42 Å². The van der Waals surface area contributed by atoms with Gasteiger partial charge in [0.25, 0.3) is 0 Å². The van der Waals surface area contributed by atoms with Crippen LogP contribution in [-0.2, 0) is 10.0 Å². The molecule has 0 heterocycles. The first kappa shape index (κ1) is 14.9. The van der Waals surface area contributed by atoms with Crippen LogP contribution >= 0.6 is 0 Å². The Morgan fingerprint density at radius 2 is 1.67 bits per heavy atom. The van der Waals surface area contributed by atoms with Crippen molar-refractivity contribution in [2.24, 2.45) is 5.92 Å². The molecule has 0 amide bonds. The molecule has 0 rings (SSSR count). The summed E-state index contributed by atoms with van der Waals surface area (Å²) in [5, 5.41) is 8.60. The van der Waals surface area contributed by atoms with Crippen molar-refractivity contribution in [3.63, 3.8) is 0 Å². The predicted molar refractivity (Wildman–Crippen MR) is 62.1 cm³/mol. The van der Waals surface area contributed by atoms with Gasteiger partial charge in [-0.05, 0) is 32.6 Å². The van der Waals surface area contributed by atoms with Crippen molar-refractivity contribution >= 4 is 10.0 Å². The zero-order chi connectivity index (χ0) is 12.1. The summed E-state index contributed by atoms with van der Waals surface area (Å²) < 4.78 is 25.6. The highest BCUT2D eigenvalue weighted by atomic mass is 32.2. The quantitative estimate of drug-likeness (QED) is 0.697. The molecule has 2 N–H and O–H groups in total. The number of nitrogens with one attached hydrogen (secondary N) is 1. The molecule has 1 atom stereocenters. The first-order valence-electron chi connectivity index (χ1n) is 5.41. The van der Waals surface area contributed by atoms with Crippen molar-refractivity contribution in [2.45, 2.75) is 51.8 Å². The average Bonchev–Trinajstić information content (AvgIpc) is 2.11. The zero-order valence-electron chi connectivity index (χ0n) is 10.0. The van der Waals surface area contributed by atoms with Crippen LogP contribution in [0, 0.1) is 5.92 Å². The lowest BCUT2D eigenvalue weighted by Gasteiger charge is -2.18. The topological polar surface area (TPSA) is 66.4 Å². The van der Waals surface area contributed by atoms with E-state index >= 15 is 0 Å². The number of sulfonamides is 1. The van der Waals surface area contributed by atoms with Crippen molar-refractivity contribution in [1.82, 2.24) is 4.72 Å². The first-order chi connectivity index (χ1) is 6.79. The number of aliphatic hydroxyl groups is 1. The van der Waals surface area contributed by atoms with Crippen LogP contribution in [0.2, 0.25) is 0 Å². The van der Waals surface area contributed by atoms with Crippen molar-refractivity contribution < 1.29 is 13.5 Å². The van der Waals surface area contributed by atoms with Crippen LogP contribution in [0.5, 0.6) is 0 Å². The monoisotopic (exact) mass is 237 g/mol. The van der Waals surface area contributed by atoms with E-state index in [1.165, 1.54) is 0 Å². The second-order valence-corrected chi connectivity index (χ2v) is 6.83. The number of hydrogen-bond donors (Lipinski definition) is 2. The Bertz CT molecular complexity index is 260. The molecule has 15 heavy (non-hydrogen) atoms. The van der Waals surface area contributed by atoms with Crippen LogP contribution in [-0.4, -0.2) is 31.4 Å². The number of hydrogen-bond acceptors (Lipinski definition) is 3. The van der Waals surface area contributed by atoms with Gasteiger partial charge in [0.05, 0.1) is 11.9 Å². The van der Waals surface area contributed by atoms with Crippen LogP contribution in [0.15, 0.2) is 0 Å². The Hall–Kier alpha value is -0.130. The normalized spacial score (nSPS) is 14.9. The summed E-state index contributed by atoms with van der Waals surface area (Å²) in [6.07, 6.45) is 1.59. The molecule has 5 heteroatoms. The Morgan fingerprint density at radius 1 is 1.13 bits per heavy atom. The van der Waals surface area contributed by atoms with Crippen molar-refractivity contribution in [2.75, 3.05) is 6.61 Å². The van der Waals surface area contributed by atoms with Crippen LogP contribution in [0.4, 0.5) is 0 Å². The average molecular weight is 237 g/mol. The molecular weight excluding hydrogens is 214 g/mol. The van der Waals surface area contributed by atoms with Gasteiger partial charge in [0.2, 0.25) is 10.0 Å². The molecule has 0 aromatic carbocycles. The smallest absolute Gasteiger partial charge is 0.214 e. The van der Waals surface area contributed by atoms with Gasteiger partial charge in [-0.1, -0.05) is 13.8 Å². The SMILES string of the molecule is CC(C)CC[C@@H](CO)NS(=O)(=O)C(C)C. The molecule has 0 aliphatic heterocycles. The zero-order valence-corrected chi connectivity index (χ0v) is 10.8. The molecule has 92 valence electrons. The van der Waals surface area contributed by atoms with E-state index in [-0.39, 0.29) is 12.6 Å². The third-order valence-corrected chi connectivity index (χ3v) is 4.17. The largest absolute Gasteiger partial charge is 0.395 e. The van der Waals surface area contributed by atoms with Crippen LogP contribution in [0.1, 0.15) is 40.5 Å². The lowest BCUT2D eigenvalue weighted by Crippen LogP contribution is -2.41. The maximum Gasteiger partial charge on any atom is 0.214 e. The molecule has 0 aliphatic carbocycles. The summed E-state index contributed by atoms with van der Waals surface area (Å²) in [5.41, 5.74) is 0. The summed E-state index contributed by atoms with van der Waals surface area (Å²) in [6, 6.07) is -0.347. The van der Waals surface area contributed by atoms with Gasteiger partial charge in [-0.3, -0.25) is 0 Å². The standard InChI is InChI=1S/C10H23NO3S/c1-8(2)5-6-10(7-12)11-15(13,14)9(3)4/h8-12H,5-7H2,1-4H3/t10-/m0/s1. The van der Waals surface area contributed by atoms with E-state index < -0.39 is 15.3 Å². The lowest BCUT2D eigenvalue weighted by atomic mass is 10.0. The van der Waals surface area contributed by atoms with E-state index in [2.05, 4.69) is 18.6 Å². The van der Waals surface area contributed by atoms with Gasteiger partial charge in [0, 0.05) is 6.04 Å². The third kappa shape index (κ3) is 6.12. The number of aliphatic hydroxyl groups excluding tert-OH is 1. The summed E-state index contributed by atoms with van der Waals surface area (Å²) in [6.45, 7) is 7.26. The lowest BCUT2D eigenvalue weighted by molar-refractivity contribution is 0.244. The summed E-state index contributed by atoms with van der Waals surface area (Å²) in [7, 11) is -3.27. The molecule has 0 spiro atoms.